The number of aryl methyl sites for hydroxylation is 1. The Balaban J connectivity index is 1.84. The monoisotopic (exact) mass is 289 g/mol. The van der Waals surface area contributed by atoms with Crippen molar-refractivity contribution >= 4 is 0 Å². The molecule has 1 saturated heterocycles. The lowest BCUT2D eigenvalue weighted by molar-refractivity contribution is 0.0875. The van der Waals surface area contributed by atoms with Crippen molar-refractivity contribution in [2.75, 3.05) is 39.8 Å². The Hall–Kier alpha value is -0.900. The highest BCUT2D eigenvalue weighted by atomic mass is 15.3. The smallest absolute Gasteiger partial charge is 0.0244 e. The highest BCUT2D eigenvalue weighted by Crippen LogP contribution is 2.13. The third-order valence-corrected chi connectivity index (χ3v) is 4.71. The second-order valence-electron chi connectivity index (χ2n) is 6.71. The molecule has 1 atom stereocenters. The summed E-state index contributed by atoms with van der Waals surface area (Å²) >= 11 is 0. The summed E-state index contributed by atoms with van der Waals surface area (Å²) in [4.78, 5) is 5.09. The predicted molar refractivity (Wildman–Crippen MR) is 90.6 cm³/mol. The molecular weight excluding hydrogens is 258 g/mol. The fourth-order valence-electron chi connectivity index (χ4n) is 3.10. The van der Waals surface area contributed by atoms with E-state index >= 15 is 0 Å². The minimum Gasteiger partial charge on any atom is -0.311 e. The SMILES string of the molecule is Cc1ccccc1CNCC(C(C)C)N1CCN(C)CC1. The highest BCUT2D eigenvalue weighted by molar-refractivity contribution is 5.25. The van der Waals surface area contributed by atoms with Crippen molar-refractivity contribution in [1.29, 1.82) is 0 Å². The maximum Gasteiger partial charge on any atom is 0.0244 e. The molecule has 0 spiro atoms. The minimum absolute atomic E-state index is 0.641. The zero-order valence-electron chi connectivity index (χ0n) is 14.1. The summed E-state index contributed by atoms with van der Waals surface area (Å²) < 4.78 is 0. The number of nitrogens with zero attached hydrogens (tertiary/aromatic N) is 2. The molecule has 2 rings (SSSR count). The number of hydrogen-bond donors (Lipinski definition) is 1. The Morgan fingerprint density at radius 2 is 1.76 bits per heavy atom. The average molecular weight is 289 g/mol. The number of piperazine rings is 1. The van der Waals surface area contributed by atoms with E-state index in [1.807, 2.05) is 0 Å². The van der Waals surface area contributed by atoms with Crippen molar-refractivity contribution in [1.82, 2.24) is 15.1 Å². The largest absolute Gasteiger partial charge is 0.311 e. The number of likely N-dealkylation sites (N-methyl/N-ethyl adjacent to an activating group) is 1. The van der Waals surface area contributed by atoms with Crippen LogP contribution in [0.3, 0.4) is 0 Å². The molecule has 0 aromatic heterocycles. The van der Waals surface area contributed by atoms with E-state index in [4.69, 9.17) is 0 Å². The van der Waals surface area contributed by atoms with E-state index in [0.717, 1.165) is 13.1 Å². The summed E-state index contributed by atoms with van der Waals surface area (Å²) in [6.45, 7) is 13.7. The molecule has 118 valence electrons. The normalized spacial score (nSPS) is 19.1. The summed E-state index contributed by atoms with van der Waals surface area (Å²) in [7, 11) is 2.22. The lowest BCUT2D eigenvalue weighted by atomic mass is 10.0. The van der Waals surface area contributed by atoms with Crippen LogP contribution in [0.4, 0.5) is 0 Å². The summed E-state index contributed by atoms with van der Waals surface area (Å²) in [5, 5.41) is 3.68. The van der Waals surface area contributed by atoms with Gasteiger partial charge in [0.2, 0.25) is 0 Å². The fraction of sp³-hybridized carbons (Fsp3) is 0.667. The molecule has 3 heteroatoms. The first kappa shape index (κ1) is 16.5. The van der Waals surface area contributed by atoms with Gasteiger partial charge in [-0.15, -0.1) is 0 Å². The summed E-state index contributed by atoms with van der Waals surface area (Å²) in [6.07, 6.45) is 0. The quantitative estimate of drug-likeness (QED) is 0.867. The standard InChI is InChI=1S/C18H31N3/c1-15(2)18(21-11-9-20(4)10-12-21)14-19-13-17-8-6-5-7-16(17)3/h5-8,15,18-19H,9-14H2,1-4H3. The molecule has 21 heavy (non-hydrogen) atoms. The molecule has 0 bridgehead atoms. The van der Waals surface area contributed by atoms with Crippen LogP contribution < -0.4 is 5.32 Å². The van der Waals surface area contributed by atoms with Crippen molar-refractivity contribution in [3.8, 4) is 0 Å². The maximum absolute atomic E-state index is 3.68. The Labute approximate surface area is 130 Å². The van der Waals surface area contributed by atoms with Gasteiger partial charge in [0.05, 0.1) is 0 Å². The summed E-state index contributed by atoms with van der Waals surface area (Å²) in [5.74, 6) is 0.692. The Morgan fingerprint density at radius 3 is 2.38 bits per heavy atom. The lowest BCUT2D eigenvalue weighted by Gasteiger charge is -2.40. The first-order chi connectivity index (χ1) is 10.1. The maximum atomic E-state index is 3.68. The Morgan fingerprint density at radius 1 is 1.10 bits per heavy atom. The van der Waals surface area contributed by atoms with E-state index in [2.05, 4.69) is 67.2 Å². The molecular formula is C18H31N3. The molecule has 1 aromatic rings. The number of hydrogen-bond acceptors (Lipinski definition) is 3. The van der Waals surface area contributed by atoms with Crippen LogP contribution in [0.1, 0.15) is 25.0 Å². The van der Waals surface area contributed by atoms with Gasteiger partial charge in [0.25, 0.3) is 0 Å². The highest BCUT2D eigenvalue weighted by Gasteiger charge is 2.24. The van der Waals surface area contributed by atoms with Gasteiger partial charge in [0, 0.05) is 45.3 Å². The van der Waals surface area contributed by atoms with Gasteiger partial charge in [-0.2, -0.15) is 0 Å². The molecule has 3 nitrogen and oxygen atoms in total. The Kier molecular flexibility index (Phi) is 6.22. The van der Waals surface area contributed by atoms with E-state index in [-0.39, 0.29) is 0 Å². The molecule has 0 amide bonds. The molecule has 1 unspecified atom stereocenters. The third kappa shape index (κ3) is 4.80. The minimum atomic E-state index is 0.641. The van der Waals surface area contributed by atoms with Crippen LogP contribution in [0.15, 0.2) is 24.3 Å². The second-order valence-corrected chi connectivity index (χ2v) is 6.71. The van der Waals surface area contributed by atoms with Gasteiger partial charge in [0.1, 0.15) is 0 Å². The van der Waals surface area contributed by atoms with E-state index < -0.39 is 0 Å². The van der Waals surface area contributed by atoms with Gasteiger partial charge in [0.15, 0.2) is 0 Å². The molecule has 0 radical (unpaired) electrons. The predicted octanol–water partition coefficient (Wildman–Crippen LogP) is 2.36. The first-order valence-corrected chi connectivity index (χ1v) is 8.25. The van der Waals surface area contributed by atoms with Gasteiger partial charge in [-0.25, -0.2) is 0 Å². The molecule has 1 heterocycles. The zero-order valence-corrected chi connectivity index (χ0v) is 14.1. The molecule has 1 aliphatic rings. The van der Waals surface area contributed by atoms with Crippen LogP contribution in [0.25, 0.3) is 0 Å². The molecule has 0 aliphatic carbocycles. The summed E-state index contributed by atoms with van der Waals surface area (Å²) in [5.41, 5.74) is 2.80. The van der Waals surface area contributed by atoms with Crippen LogP contribution in [-0.4, -0.2) is 55.6 Å². The van der Waals surface area contributed by atoms with Crippen molar-refractivity contribution < 1.29 is 0 Å². The number of benzene rings is 1. The van der Waals surface area contributed by atoms with E-state index in [0.29, 0.717) is 12.0 Å². The summed E-state index contributed by atoms with van der Waals surface area (Å²) in [6, 6.07) is 9.30. The topological polar surface area (TPSA) is 18.5 Å². The average Bonchev–Trinajstić information content (AvgIpc) is 2.46. The number of nitrogens with one attached hydrogen (secondary N) is 1. The first-order valence-electron chi connectivity index (χ1n) is 8.25. The van der Waals surface area contributed by atoms with Gasteiger partial charge < -0.3 is 10.2 Å². The van der Waals surface area contributed by atoms with Crippen molar-refractivity contribution in [2.45, 2.75) is 33.4 Å². The van der Waals surface area contributed by atoms with E-state index in [9.17, 15) is 0 Å². The lowest BCUT2D eigenvalue weighted by Crippen LogP contribution is -2.53. The molecule has 0 saturated carbocycles. The van der Waals surface area contributed by atoms with Crippen LogP contribution in [0, 0.1) is 12.8 Å². The van der Waals surface area contributed by atoms with Crippen LogP contribution >= 0.6 is 0 Å². The van der Waals surface area contributed by atoms with Crippen LogP contribution in [-0.2, 0) is 6.54 Å². The van der Waals surface area contributed by atoms with E-state index in [1.54, 1.807) is 0 Å². The molecule has 1 aliphatic heterocycles. The second kappa shape index (κ2) is 7.92. The van der Waals surface area contributed by atoms with Gasteiger partial charge >= 0.3 is 0 Å². The number of rotatable bonds is 6. The van der Waals surface area contributed by atoms with Gasteiger partial charge in [-0.05, 0) is 31.0 Å². The van der Waals surface area contributed by atoms with Crippen LogP contribution in [0.5, 0.6) is 0 Å². The fourth-order valence-corrected chi connectivity index (χ4v) is 3.10. The van der Waals surface area contributed by atoms with Crippen LogP contribution in [0.2, 0.25) is 0 Å². The van der Waals surface area contributed by atoms with E-state index in [1.165, 1.54) is 37.3 Å². The van der Waals surface area contributed by atoms with Gasteiger partial charge in [-0.3, -0.25) is 4.90 Å². The van der Waals surface area contributed by atoms with Crippen molar-refractivity contribution in [2.24, 2.45) is 5.92 Å². The van der Waals surface area contributed by atoms with Crippen molar-refractivity contribution in [3.63, 3.8) is 0 Å². The van der Waals surface area contributed by atoms with Gasteiger partial charge in [-0.1, -0.05) is 38.1 Å². The molecule has 1 aromatic carbocycles. The molecule has 1 N–H and O–H groups in total. The van der Waals surface area contributed by atoms with Crippen molar-refractivity contribution in [3.05, 3.63) is 35.4 Å². The third-order valence-electron chi connectivity index (χ3n) is 4.71. The Bertz CT molecular complexity index is 422. The zero-order chi connectivity index (χ0) is 15.2. The molecule has 1 fully saturated rings.